The van der Waals surface area contributed by atoms with Crippen LogP contribution in [0, 0.1) is 0 Å². The van der Waals surface area contributed by atoms with Gasteiger partial charge in [0.25, 0.3) is 5.91 Å². The molecule has 0 aliphatic carbocycles. The van der Waals surface area contributed by atoms with Crippen LogP contribution in [-0.2, 0) is 19.1 Å². The number of methoxy groups -OCH3 is 1. The first-order chi connectivity index (χ1) is 9.69. The molecule has 2 rings (SSSR count). The van der Waals surface area contributed by atoms with E-state index >= 15 is 0 Å². The van der Waals surface area contributed by atoms with Crippen molar-refractivity contribution in [2.75, 3.05) is 38.9 Å². The van der Waals surface area contributed by atoms with Gasteiger partial charge in [-0.05, 0) is 12.1 Å². The van der Waals surface area contributed by atoms with Gasteiger partial charge in [0, 0.05) is 13.2 Å². The molecule has 1 N–H and O–H groups in total. The summed E-state index contributed by atoms with van der Waals surface area (Å²) >= 11 is 0. The highest BCUT2D eigenvalue weighted by Gasteiger charge is 2.16. The number of amides is 1. The lowest BCUT2D eigenvalue weighted by Gasteiger charge is -2.18. The van der Waals surface area contributed by atoms with E-state index in [-0.39, 0.29) is 25.7 Å². The first-order valence-electron chi connectivity index (χ1n) is 6.03. The Morgan fingerprint density at radius 3 is 3.05 bits per heavy atom. The first kappa shape index (κ1) is 14.1. The lowest BCUT2D eigenvalue weighted by molar-refractivity contribution is -0.147. The lowest BCUT2D eigenvalue weighted by Crippen LogP contribution is -2.25. The van der Waals surface area contributed by atoms with E-state index < -0.39 is 5.97 Å². The van der Waals surface area contributed by atoms with Gasteiger partial charge in [0.1, 0.15) is 18.1 Å². The van der Waals surface area contributed by atoms with Crippen molar-refractivity contribution >= 4 is 17.6 Å². The maximum Gasteiger partial charge on any atom is 0.344 e. The van der Waals surface area contributed by atoms with Crippen molar-refractivity contribution in [2.45, 2.75) is 0 Å². The fraction of sp³-hybridized carbons (Fsp3) is 0.385. The van der Waals surface area contributed by atoms with Gasteiger partial charge in [-0.25, -0.2) is 4.79 Å². The van der Waals surface area contributed by atoms with Gasteiger partial charge in [-0.2, -0.15) is 0 Å². The number of rotatable bonds is 6. The smallest absolute Gasteiger partial charge is 0.344 e. The Morgan fingerprint density at radius 1 is 1.40 bits per heavy atom. The zero-order chi connectivity index (χ0) is 14.4. The van der Waals surface area contributed by atoms with Crippen molar-refractivity contribution in [1.29, 1.82) is 0 Å². The molecule has 0 unspecified atom stereocenters. The Balaban J connectivity index is 1.86. The molecule has 7 nitrogen and oxygen atoms in total. The summed E-state index contributed by atoms with van der Waals surface area (Å²) in [5.41, 5.74) is 0.520. The summed E-state index contributed by atoms with van der Waals surface area (Å²) in [4.78, 5) is 22.5. The van der Waals surface area contributed by atoms with Gasteiger partial charge in [0.15, 0.2) is 13.2 Å². The van der Waals surface area contributed by atoms with Crippen molar-refractivity contribution in [3.8, 4) is 11.5 Å². The Kier molecular flexibility index (Phi) is 4.78. The van der Waals surface area contributed by atoms with Gasteiger partial charge >= 0.3 is 5.97 Å². The molecule has 1 aliphatic heterocycles. The van der Waals surface area contributed by atoms with Crippen LogP contribution in [-0.4, -0.2) is 45.4 Å². The number of esters is 1. The summed E-state index contributed by atoms with van der Waals surface area (Å²) in [6.07, 6.45) is 0. The second-order valence-electron chi connectivity index (χ2n) is 4.00. The van der Waals surface area contributed by atoms with E-state index in [0.717, 1.165) is 0 Å². The summed E-state index contributed by atoms with van der Waals surface area (Å²) < 4.78 is 20.1. The number of hydrogen-bond acceptors (Lipinski definition) is 6. The highest BCUT2D eigenvalue weighted by Crippen LogP contribution is 2.31. The minimum absolute atomic E-state index is 0.000963. The maximum absolute atomic E-state index is 11.3. The SMILES string of the molecule is COCCOC(=O)COc1ccc2c(c1)NC(=O)CO2. The van der Waals surface area contributed by atoms with Crippen molar-refractivity contribution in [1.82, 2.24) is 0 Å². The number of carbonyl (C=O) groups excluding carboxylic acids is 2. The van der Waals surface area contributed by atoms with Crippen LogP contribution in [0.2, 0.25) is 0 Å². The maximum atomic E-state index is 11.3. The molecule has 0 spiro atoms. The first-order valence-corrected chi connectivity index (χ1v) is 6.03. The molecule has 0 fully saturated rings. The van der Waals surface area contributed by atoms with Gasteiger partial charge in [-0.15, -0.1) is 0 Å². The van der Waals surface area contributed by atoms with Crippen molar-refractivity contribution in [3.63, 3.8) is 0 Å². The van der Waals surface area contributed by atoms with Gasteiger partial charge in [0.2, 0.25) is 0 Å². The van der Waals surface area contributed by atoms with Crippen LogP contribution in [0.5, 0.6) is 11.5 Å². The molecule has 20 heavy (non-hydrogen) atoms. The zero-order valence-corrected chi connectivity index (χ0v) is 11.0. The average Bonchev–Trinajstić information content (AvgIpc) is 2.45. The fourth-order valence-corrected chi connectivity index (χ4v) is 1.57. The highest BCUT2D eigenvalue weighted by atomic mass is 16.6. The second-order valence-corrected chi connectivity index (χ2v) is 4.00. The molecule has 0 radical (unpaired) electrons. The standard InChI is InChI=1S/C13H15NO6/c1-17-4-5-18-13(16)8-19-9-2-3-11-10(6-9)14-12(15)7-20-11/h2-3,6H,4-5,7-8H2,1H3,(H,14,15). The molecule has 0 atom stereocenters. The molecular formula is C13H15NO6. The summed E-state index contributed by atoms with van der Waals surface area (Å²) in [5.74, 6) is 0.298. The minimum atomic E-state index is -0.486. The van der Waals surface area contributed by atoms with Gasteiger partial charge in [0.05, 0.1) is 12.3 Å². The van der Waals surface area contributed by atoms with Crippen LogP contribution >= 0.6 is 0 Å². The Morgan fingerprint density at radius 2 is 2.25 bits per heavy atom. The van der Waals surface area contributed by atoms with Crippen LogP contribution in [0.15, 0.2) is 18.2 Å². The number of hydrogen-bond donors (Lipinski definition) is 1. The molecule has 1 aromatic carbocycles. The third-order valence-corrected chi connectivity index (χ3v) is 2.49. The molecular weight excluding hydrogens is 266 g/mol. The number of anilines is 1. The van der Waals surface area contributed by atoms with Crippen LogP contribution < -0.4 is 14.8 Å². The summed E-state index contributed by atoms with van der Waals surface area (Å²) in [5, 5.41) is 2.65. The molecule has 7 heteroatoms. The summed E-state index contributed by atoms with van der Waals surface area (Å²) in [7, 11) is 1.52. The van der Waals surface area contributed by atoms with E-state index in [1.807, 2.05) is 0 Å². The molecule has 0 bridgehead atoms. The largest absolute Gasteiger partial charge is 0.482 e. The zero-order valence-electron chi connectivity index (χ0n) is 11.0. The second kappa shape index (κ2) is 6.76. The van der Waals surface area contributed by atoms with Crippen molar-refractivity contribution < 1.29 is 28.5 Å². The number of fused-ring (bicyclic) bond motifs is 1. The van der Waals surface area contributed by atoms with Crippen LogP contribution in [0.25, 0.3) is 0 Å². The molecule has 0 aromatic heterocycles. The third-order valence-electron chi connectivity index (χ3n) is 2.49. The summed E-state index contributed by atoms with van der Waals surface area (Å²) in [6.45, 7) is 0.317. The Labute approximate surface area is 115 Å². The van der Waals surface area contributed by atoms with E-state index in [1.165, 1.54) is 7.11 Å². The molecule has 1 aromatic rings. The van der Waals surface area contributed by atoms with E-state index in [0.29, 0.717) is 23.8 Å². The van der Waals surface area contributed by atoms with Gasteiger partial charge in [-0.1, -0.05) is 0 Å². The molecule has 1 aliphatic rings. The van der Waals surface area contributed by atoms with Crippen molar-refractivity contribution in [2.24, 2.45) is 0 Å². The van der Waals surface area contributed by atoms with Crippen molar-refractivity contribution in [3.05, 3.63) is 18.2 Å². The quantitative estimate of drug-likeness (QED) is 0.607. The number of carbonyl (C=O) groups is 2. The average molecular weight is 281 g/mol. The number of ether oxygens (including phenoxy) is 4. The molecule has 0 saturated carbocycles. The summed E-state index contributed by atoms with van der Waals surface area (Å²) in [6, 6.07) is 4.91. The fourth-order valence-electron chi connectivity index (χ4n) is 1.57. The normalized spacial score (nSPS) is 12.9. The third kappa shape index (κ3) is 3.86. The molecule has 0 saturated heterocycles. The van der Waals surface area contributed by atoms with Gasteiger partial charge in [-0.3, -0.25) is 4.79 Å². The van der Waals surface area contributed by atoms with Crippen LogP contribution in [0.1, 0.15) is 0 Å². The van der Waals surface area contributed by atoms with Crippen LogP contribution in [0.4, 0.5) is 5.69 Å². The predicted octanol–water partition coefficient (Wildman–Crippen LogP) is 0.586. The number of nitrogens with one attached hydrogen (secondary N) is 1. The predicted molar refractivity (Wildman–Crippen MR) is 68.9 cm³/mol. The minimum Gasteiger partial charge on any atom is -0.482 e. The Bertz CT molecular complexity index is 502. The van der Waals surface area contributed by atoms with E-state index in [2.05, 4.69) is 5.32 Å². The van der Waals surface area contributed by atoms with E-state index in [1.54, 1.807) is 18.2 Å². The highest BCUT2D eigenvalue weighted by molar-refractivity contribution is 5.95. The monoisotopic (exact) mass is 281 g/mol. The van der Waals surface area contributed by atoms with E-state index in [9.17, 15) is 9.59 Å². The van der Waals surface area contributed by atoms with Crippen LogP contribution in [0.3, 0.4) is 0 Å². The molecule has 1 heterocycles. The Hall–Kier alpha value is -2.28. The molecule has 108 valence electrons. The number of benzene rings is 1. The lowest BCUT2D eigenvalue weighted by atomic mass is 10.2. The van der Waals surface area contributed by atoms with Gasteiger partial charge < -0.3 is 24.3 Å². The topological polar surface area (TPSA) is 83.1 Å². The van der Waals surface area contributed by atoms with E-state index in [4.69, 9.17) is 18.9 Å². The molecule has 1 amide bonds.